The first kappa shape index (κ1) is 28.5. The number of aliphatic carboxylic acids is 1. The number of carbonyl (C=O) groups excluding carboxylic acids is 3. The van der Waals surface area contributed by atoms with Crippen LogP contribution in [0, 0.1) is 5.92 Å². The average molecular weight is 462 g/mol. The van der Waals surface area contributed by atoms with E-state index in [4.69, 9.17) is 17.2 Å². The Kier molecular flexibility index (Phi) is 13.3. The van der Waals surface area contributed by atoms with Crippen LogP contribution in [-0.4, -0.2) is 71.2 Å². The van der Waals surface area contributed by atoms with Crippen molar-refractivity contribution in [3.8, 4) is 0 Å². The van der Waals surface area contributed by atoms with Crippen LogP contribution >= 0.6 is 12.6 Å². The summed E-state index contributed by atoms with van der Waals surface area (Å²) in [4.78, 5) is 52.3. The number of nitrogens with two attached hydrogens (primary N) is 3. The number of amides is 3. The Balaban J connectivity index is 5.09. The first-order valence-electron chi connectivity index (χ1n) is 9.94. The summed E-state index contributed by atoms with van der Waals surface area (Å²) < 4.78 is 0. The third-order valence-corrected chi connectivity index (χ3v) is 4.49. The summed E-state index contributed by atoms with van der Waals surface area (Å²) in [5, 5.41) is 16.8. The number of carboxylic acids is 1. The van der Waals surface area contributed by atoms with Crippen LogP contribution in [0.4, 0.5) is 0 Å². The molecule has 3 amide bonds. The fraction of sp³-hybridized carbons (Fsp3) is 0.722. The number of nitrogens with zero attached hydrogens (tertiary/aromatic N) is 1. The molecule has 4 atom stereocenters. The van der Waals surface area contributed by atoms with Crippen LogP contribution in [-0.2, 0) is 19.2 Å². The fourth-order valence-corrected chi connectivity index (χ4v) is 2.76. The maximum Gasteiger partial charge on any atom is 0.326 e. The first-order valence-corrected chi connectivity index (χ1v) is 10.6. The largest absolute Gasteiger partial charge is 0.480 e. The molecule has 10 N–H and O–H groups in total. The molecule has 0 rings (SSSR count). The van der Waals surface area contributed by atoms with Gasteiger partial charge in [0.1, 0.15) is 18.1 Å². The van der Waals surface area contributed by atoms with Crippen molar-refractivity contribution in [3.05, 3.63) is 0 Å². The highest BCUT2D eigenvalue weighted by molar-refractivity contribution is 7.80. The number of carbonyl (C=O) groups is 4. The highest BCUT2D eigenvalue weighted by atomic mass is 32.1. The minimum Gasteiger partial charge on any atom is -0.480 e. The number of guanidine groups is 1. The second-order valence-corrected chi connectivity index (χ2v) is 7.94. The monoisotopic (exact) mass is 461 g/mol. The van der Waals surface area contributed by atoms with E-state index < -0.39 is 47.9 Å². The van der Waals surface area contributed by atoms with Gasteiger partial charge < -0.3 is 38.3 Å². The average Bonchev–Trinajstić information content (AvgIpc) is 2.66. The van der Waals surface area contributed by atoms with Crippen molar-refractivity contribution < 1.29 is 24.3 Å². The van der Waals surface area contributed by atoms with E-state index in [0.717, 1.165) is 0 Å². The second-order valence-electron chi connectivity index (χ2n) is 7.57. The molecule has 12 nitrogen and oxygen atoms in total. The summed E-state index contributed by atoms with van der Waals surface area (Å²) >= 11 is 4.08. The maximum absolute atomic E-state index is 12.7. The number of rotatable bonds is 14. The molecule has 0 aliphatic heterocycles. The Morgan fingerprint density at radius 2 is 1.45 bits per heavy atom. The van der Waals surface area contributed by atoms with Gasteiger partial charge in [0.05, 0.1) is 6.04 Å². The minimum absolute atomic E-state index is 0.0758. The lowest BCUT2D eigenvalue weighted by Crippen LogP contribution is -2.57. The molecule has 0 aromatic rings. The number of hydrogen-bond donors (Lipinski definition) is 8. The van der Waals surface area contributed by atoms with E-state index in [1.54, 1.807) is 0 Å². The molecule has 0 aliphatic rings. The molecular formula is C18H35N7O5S. The summed E-state index contributed by atoms with van der Waals surface area (Å²) in [6.07, 6.45) is 0.742. The third kappa shape index (κ3) is 12.0. The van der Waals surface area contributed by atoms with Gasteiger partial charge in [-0.2, -0.15) is 12.6 Å². The molecule has 0 saturated heterocycles. The van der Waals surface area contributed by atoms with Crippen molar-refractivity contribution in [1.29, 1.82) is 0 Å². The van der Waals surface area contributed by atoms with Crippen LogP contribution in [0.2, 0.25) is 0 Å². The van der Waals surface area contributed by atoms with Crippen molar-refractivity contribution in [3.63, 3.8) is 0 Å². The summed E-state index contributed by atoms with van der Waals surface area (Å²) in [6.45, 7) is 5.45. The van der Waals surface area contributed by atoms with Gasteiger partial charge in [-0.05, 0) is 32.1 Å². The molecule has 0 bridgehead atoms. The van der Waals surface area contributed by atoms with E-state index in [-0.39, 0.29) is 30.6 Å². The normalized spacial score (nSPS) is 14.6. The predicted octanol–water partition coefficient (Wildman–Crippen LogP) is -2.10. The quantitative estimate of drug-likeness (QED) is 0.0619. The van der Waals surface area contributed by atoms with E-state index in [2.05, 4.69) is 33.6 Å². The highest BCUT2D eigenvalue weighted by Gasteiger charge is 2.29. The first-order chi connectivity index (χ1) is 14.4. The van der Waals surface area contributed by atoms with Crippen LogP contribution in [0.3, 0.4) is 0 Å². The van der Waals surface area contributed by atoms with E-state index >= 15 is 0 Å². The van der Waals surface area contributed by atoms with E-state index in [1.165, 1.54) is 6.92 Å². The van der Waals surface area contributed by atoms with Crippen molar-refractivity contribution in [2.24, 2.45) is 28.1 Å². The molecule has 0 spiro atoms. The summed E-state index contributed by atoms with van der Waals surface area (Å²) in [7, 11) is 0. The lowest BCUT2D eigenvalue weighted by molar-refractivity contribution is -0.142. The fourth-order valence-electron chi connectivity index (χ4n) is 2.51. The number of aliphatic imine (C=N–C) groups is 1. The second kappa shape index (κ2) is 14.5. The Labute approximate surface area is 187 Å². The zero-order valence-corrected chi connectivity index (χ0v) is 19.0. The standard InChI is InChI=1S/C18H35N7O5S/c1-9(2)7-12(24-14(26)10(3)19)15(27)25-13(8-31)16(28)23-11(17(29)30)5-4-6-22-18(20)21/h9-13,31H,4-8,19H2,1-3H3,(H,23,28)(H,24,26)(H,25,27)(H,29,30)(H4,20,21,22). The Morgan fingerprint density at radius 1 is 0.935 bits per heavy atom. The van der Waals surface area contributed by atoms with Crippen molar-refractivity contribution in [2.45, 2.75) is 64.2 Å². The topological polar surface area (TPSA) is 215 Å². The van der Waals surface area contributed by atoms with Crippen LogP contribution in [0.25, 0.3) is 0 Å². The molecule has 0 heterocycles. The molecule has 13 heteroatoms. The number of nitrogens with one attached hydrogen (secondary N) is 3. The summed E-state index contributed by atoms with van der Waals surface area (Å²) in [5.41, 5.74) is 16.0. The van der Waals surface area contributed by atoms with Crippen LogP contribution in [0.5, 0.6) is 0 Å². The molecule has 0 fully saturated rings. The Hall–Kier alpha value is -2.54. The van der Waals surface area contributed by atoms with Gasteiger partial charge in [-0.1, -0.05) is 13.8 Å². The van der Waals surface area contributed by atoms with Crippen LogP contribution in [0.1, 0.15) is 40.0 Å². The Bertz CT molecular complexity index is 653. The Morgan fingerprint density at radius 3 is 1.90 bits per heavy atom. The summed E-state index contributed by atoms with van der Waals surface area (Å²) in [6, 6.07) is -3.99. The smallest absolute Gasteiger partial charge is 0.326 e. The molecular weight excluding hydrogens is 426 g/mol. The van der Waals surface area contributed by atoms with Crippen molar-refractivity contribution in [1.82, 2.24) is 16.0 Å². The van der Waals surface area contributed by atoms with Gasteiger partial charge in [0, 0.05) is 12.3 Å². The third-order valence-electron chi connectivity index (χ3n) is 4.13. The molecule has 31 heavy (non-hydrogen) atoms. The van der Waals surface area contributed by atoms with Gasteiger partial charge in [-0.15, -0.1) is 0 Å². The minimum atomic E-state index is -1.23. The number of thiol groups is 1. The lowest BCUT2D eigenvalue weighted by atomic mass is 10.0. The molecule has 4 unspecified atom stereocenters. The van der Waals surface area contributed by atoms with Crippen molar-refractivity contribution in [2.75, 3.05) is 12.3 Å². The van der Waals surface area contributed by atoms with Gasteiger partial charge in [0.25, 0.3) is 0 Å². The zero-order valence-electron chi connectivity index (χ0n) is 18.1. The van der Waals surface area contributed by atoms with Gasteiger partial charge in [0.15, 0.2) is 5.96 Å². The van der Waals surface area contributed by atoms with Crippen molar-refractivity contribution >= 4 is 42.3 Å². The highest BCUT2D eigenvalue weighted by Crippen LogP contribution is 2.07. The summed E-state index contributed by atoms with van der Waals surface area (Å²) in [5.74, 6) is -3.14. The number of carboxylic acid groups (broad SMARTS) is 1. The van der Waals surface area contributed by atoms with E-state index in [1.807, 2.05) is 13.8 Å². The zero-order chi connectivity index (χ0) is 24.1. The van der Waals surface area contributed by atoms with E-state index in [9.17, 15) is 24.3 Å². The maximum atomic E-state index is 12.7. The molecule has 0 aromatic carbocycles. The van der Waals surface area contributed by atoms with Gasteiger partial charge in [-0.3, -0.25) is 19.4 Å². The molecule has 0 radical (unpaired) electrons. The molecule has 0 aromatic heterocycles. The molecule has 178 valence electrons. The molecule has 0 saturated carbocycles. The lowest BCUT2D eigenvalue weighted by Gasteiger charge is -2.25. The van der Waals surface area contributed by atoms with Crippen LogP contribution in [0.15, 0.2) is 4.99 Å². The van der Waals surface area contributed by atoms with Gasteiger partial charge >= 0.3 is 5.97 Å². The van der Waals surface area contributed by atoms with Gasteiger partial charge in [0.2, 0.25) is 17.7 Å². The van der Waals surface area contributed by atoms with E-state index in [0.29, 0.717) is 12.8 Å². The predicted molar refractivity (Wildman–Crippen MR) is 120 cm³/mol. The van der Waals surface area contributed by atoms with Crippen LogP contribution < -0.4 is 33.2 Å². The van der Waals surface area contributed by atoms with Gasteiger partial charge in [-0.25, -0.2) is 4.79 Å². The SMILES string of the molecule is CC(C)CC(NC(=O)C(C)N)C(=O)NC(CS)C(=O)NC(CCCN=C(N)N)C(=O)O. The number of hydrogen-bond acceptors (Lipinski definition) is 7. The molecule has 0 aliphatic carbocycles.